The molecule has 0 spiro atoms. The lowest BCUT2D eigenvalue weighted by atomic mass is 9.79. The van der Waals surface area contributed by atoms with Crippen LogP contribution < -0.4 is 11.1 Å². The number of rotatable bonds is 3. The standard InChI is InChI=1S/C16H23IN2O/c1-12-10-13(17)6-7-14(12)19-15(20)16(11-18)8-4-2-3-5-9-16/h6-7,10H,2-5,8-9,11,18H2,1H3,(H,19,20). The molecule has 1 amide bonds. The van der Waals surface area contributed by atoms with Gasteiger partial charge in [-0.25, -0.2) is 0 Å². The highest BCUT2D eigenvalue weighted by atomic mass is 127. The van der Waals surface area contributed by atoms with Gasteiger partial charge in [0.15, 0.2) is 0 Å². The van der Waals surface area contributed by atoms with Crippen LogP contribution >= 0.6 is 22.6 Å². The van der Waals surface area contributed by atoms with Gasteiger partial charge in [-0.05, 0) is 66.1 Å². The van der Waals surface area contributed by atoms with Crippen LogP contribution in [0.2, 0.25) is 0 Å². The second-order valence-electron chi connectivity index (χ2n) is 5.81. The predicted molar refractivity (Wildman–Crippen MR) is 91.7 cm³/mol. The number of anilines is 1. The summed E-state index contributed by atoms with van der Waals surface area (Å²) in [5.74, 6) is 0.103. The van der Waals surface area contributed by atoms with Crippen molar-refractivity contribution in [3.8, 4) is 0 Å². The first-order valence-corrected chi connectivity index (χ1v) is 8.43. The van der Waals surface area contributed by atoms with Gasteiger partial charge in [0.25, 0.3) is 0 Å². The molecule has 4 heteroatoms. The van der Waals surface area contributed by atoms with Crippen LogP contribution in [0.1, 0.15) is 44.1 Å². The lowest BCUT2D eigenvalue weighted by Gasteiger charge is -2.30. The molecule has 3 nitrogen and oxygen atoms in total. The van der Waals surface area contributed by atoms with Crippen molar-refractivity contribution >= 4 is 34.2 Å². The fraction of sp³-hybridized carbons (Fsp3) is 0.562. The first kappa shape index (κ1) is 15.8. The number of halogens is 1. The fourth-order valence-corrected chi connectivity index (χ4v) is 3.60. The Labute approximate surface area is 134 Å². The molecule has 1 aromatic rings. The molecule has 0 saturated heterocycles. The molecular formula is C16H23IN2O. The molecule has 0 unspecified atom stereocenters. The van der Waals surface area contributed by atoms with Crippen LogP contribution in [0.25, 0.3) is 0 Å². The Balaban J connectivity index is 2.16. The molecule has 20 heavy (non-hydrogen) atoms. The molecule has 0 heterocycles. The third kappa shape index (κ3) is 3.52. The smallest absolute Gasteiger partial charge is 0.231 e. The van der Waals surface area contributed by atoms with Crippen molar-refractivity contribution in [1.29, 1.82) is 0 Å². The van der Waals surface area contributed by atoms with Crippen LogP contribution in [0.4, 0.5) is 5.69 Å². The molecule has 0 bridgehead atoms. The second-order valence-corrected chi connectivity index (χ2v) is 7.06. The highest BCUT2D eigenvalue weighted by Crippen LogP contribution is 2.35. The summed E-state index contributed by atoms with van der Waals surface area (Å²) in [6.45, 7) is 2.47. The van der Waals surface area contributed by atoms with Crippen molar-refractivity contribution in [3.63, 3.8) is 0 Å². The Morgan fingerprint density at radius 2 is 1.95 bits per heavy atom. The maximum Gasteiger partial charge on any atom is 0.231 e. The first-order chi connectivity index (χ1) is 9.57. The lowest BCUT2D eigenvalue weighted by Crippen LogP contribution is -2.42. The van der Waals surface area contributed by atoms with Crippen LogP contribution in [0, 0.1) is 15.9 Å². The summed E-state index contributed by atoms with van der Waals surface area (Å²) in [5, 5.41) is 3.10. The topological polar surface area (TPSA) is 55.1 Å². The zero-order chi connectivity index (χ0) is 14.6. The molecule has 1 fully saturated rings. The molecule has 0 aliphatic heterocycles. The maximum atomic E-state index is 12.7. The molecule has 110 valence electrons. The van der Waals surface area contributed by atoms with Gasteiger partial charge in [-0.2, -0.15) is 0 Å². The molecule has 1 saturated carbocycles. The number of nitrogens with two attached hydrogens (primary N) is 1. The average molecular weight is 386 g/mol. The molecule has 1 aromatic carbocycles. The number of amides is 1. The van der Waals surface area contributed by atoms with Crippen LogP contribution in [0.15, 0.2) is 18.2 Å². The van der Waals surface area contributed by atoms with Gasteiger partial charge < -0.3 is 11.1 Å². The van der Waals surface area contributed by atoms with Crippen LogP contribution in [0.5, 0.6) is 0 Å². The fourth-order valence-electron chi connectivity index (χ4n) is 2.95. The molecule has 0 aromatic heterocycles. The minimum absolute atomic E-state index is 0.103. The zero-order valence-electron chi connectivity index (χ0n) is 12.0. The summed E-state index contributed by atoms with van der Waals surface area (Å²) in [4.78, 5) is 12.7. The van der Waals surface area contributed by atoms with E-state index in [0.29, 0.717) is 6.54 Å². The van der Waals surface area contributed by atoms with Gasteiger partial charge in [-0.3, -0.25) is 4.79 Å². The largest absolute Gasteiger partial charge is 0.329 e. The number of hydrogen-bond donors (Lipinski definition) is 2. The van der Waals surface area contributed by atoms with Gasteiger partial charge in [0.1, 0.15) is 0 Å². The Bertz CT molecular complexity index is 479. The normalized spacial score (nSPS) is 18.4. The van der Waals surface area contributed by atoms with Gasteiger partial charge in [0, 0.05) is 15.8 Å². The van der Waals surface area contributed by atoms with Crippen molar-refractivity contribution in [2.24, 2.45) is 11.1 Å². The van der Waals surface area contributed by atoms with Crippen LogP contribution in [0.3, 0.4) is 0 Å². The van der Waals surface area contributed by atoms with Gasteiger partial charge >= 0.3 is 0 Å². The summed E-state index contributed by atoms with van der Waals surface area (Å²) in [6, 6.07) is 6.08. The number of carbonyl (C=O) groups is 1. The Morgan fingerprint density at radius 1 is 1.30 bits per heavy atom. The van der Waals surface area contributed by atoms with E-state index >= 15 is 0 Å². The van der Waals surface area contributed by atoms with Gasteiger partial charge in [0.2, 0.25) is 5.91 Å². The van der Waals surface area contributed by atoms with Crippen LogP contribution in [-0.2, 0) is 4.79 Å². The van der Waals surface area contributed by atoms with Crippen molar-refractivity contribution in [2.75, 3.05) is 11.9 Å². The lowest BCUT2D eigenvalue weighted by molar-refractivity contribution is -0.125. The van der Waals surface area contributed by atoms with Gasteiger partial charge in [-0.15, -0.1) is 0 Å². The van der Waals surface area contributed by atoms with Gasteiger partial charge in [0.05, 0.1) is 5.41 Å². The van der Waals surface area contributed by atoms with E-state index in [-0.39, 0.29) is 11.3 Å². The number of hydrogen-bond acceptors (Lipinski definition) is 2. The summed E-state index contributed by atoms with van der Waals surface area (Å²) in [6.07, 6.45) is 6.49. The van der Waals surface area contributed by atoms with Crippen molar-refractivity contribution in [1.82, 2.24) is 0 Å². The second kappa shape index (κ2) is 6.89. The summed E-state index contributed by atoms with van der Waals surface area (Å²) in [5.41, 5.74) is 7.61. The SMILES string of the molecule is Cc1cc(I)ccc1NC(=O)C1(CN)CCCCCC1. The minimum atomic E-state index is -0.369. The van der Waals surface area contributed by atoms with Crippen molar-refractivity contribution in [3.05, 3.63) is 27.3 Å². The quantitative estimate of drug-likeness (QED) is 0.613. The highest BCUT2D eigenvalue weighted by molar-refractivity contribution is 14.1. The van der Waals surface area contributed by atoms with Gasteiger partial charge in [-0.1, -0.05) is 25.7 Å². The predicted octanol–water partition coefficient (Wildman–Crippen LogP) is 3.84. The third-order valence-electron chi connectivity index (χ3n) is 4.37. The van der Waals surface area contributed by atoms with E-state index < -0.39 is 0 Å². The Morgan fingerprint density at radius 3 is 2.50 bits per heavy atom. The van der Waals surface area contributed by atoms with Crippen molar-refractivity contribution < 1.29 is 4.79 Å². The average Bonchev–Trinajstić information content (AvgIpc) is 2.68. The third-order valence-corrected chi connectivity index (χ3v) is 5.04. The number of aryl methyl sites for hydroxylation is 1. The zero-order valence-corrected chi connectivity index (χ0v) is 14.2. The van der Waals surface area contributed by atoms with E-state index in [1.165, 1.54) is 16.4 Å². The summed E-state index contributed by atoms with van der Waals surface area (Å²) < 4.78 is 1.18. The Hall–Kier alpha value is -0.620. The molecule has 1 aliphatic carbocycles. The summed E-state index contributed by atoms with van der Waals surface area (Å²) >= 11 is 2.28. The van der Waals surface area contributed by atoms with Crippen LogP contribution in [-0.4, -0.2) is 12.5 Å². The van der Waals surface area contributed by atoms with E-state index in [1.54, 1.807) is 0 Å². The van der Waals surface area contributed by atoms with Crippen molar-refractivity contribution in [2.45, 2.75) is 45.4 Å². The van der Waals surface area contributed by atoms with E-state index in [2.05, 4.69) is 34.0 Å². The molecule has 3 N–H and O–H groups in total. The highest BCUT2D eigenvalue weighted by Gasteiger charge is 2.37. The van der Waals surface area contributed by atoms with E-state index in [1.807, 2.05) is 19.1 Å². The van der Waals surface area contributed by atoms with E-state index in [9.17, 15) is 4.79 Å². The van der Waals surface area contributed by atoms with E-state index in [0.717, 1.165) is 36.9 Å². The Kier molecular flexibility index (Phi) is 5.43. The minimum Gasteiger partial charge on any atom is -0.329 e. The maximum absolute atomic E-state index is 12.7. The molecular weight excluding hydrogens is 363 g/mol. The molecule has 0 atom stereocenters. The summed E-state index contributed by atoms with van der Waals surface area (Å²) in [7, 11) is 0. The first-order valence-electron chi connectivity index (χ1n) is 7.35. The number of carbonyl (C=O) groups excluding carboxylic acids is 1. The molecule has 0 radical (unpaired) electrons. The number of nitrogens with one attached hydrogen (secondary N) is 1. The van der Waals surface area contributed by atoms with E-state index in [4.69, 9.17) is 5.73 Å². The molecule has 2 rings (SSSR count). The number of benzene rings is 1. The monoisotopic (exact) mass is 386 g/mol. The molecule has 1 aliphatic rings.